The topological polar surface area (TPSA) is 44.8 Å². The van der Waals surface area contributed by atoms with Gasteiger partial charge in [0.05, 0.1) is 6.04 Å². The number of rotatable bonds is 2. The van der Waals surface area contributed by atoms with Gasteiger partial charge < -0.3 is 15.0 Å². The fraction of sp³-hybridized carbons (Fsp3) is 0.933. The molecular formula is C15H27N3O2. The Kier molecular flexibility index (Phi) is 4.58. The summed E-state index contributed by atoms with van der Waals surface area (Å²) in [5, 5.41) is 3.41. The second-order valence-corrected chi connectivity index (χ2v) is 6.38. The lowest BCUT2D eigenvalue weighted by atomic mass is 10.0. The molecule has 1 amide bonds. The van der Waals surface area contributed by atoms with Gasteiger partial charge in [0.15, 0.2) is 0 Å². The lowest BCUT2D eigenvalue weighted by Gasteiger charge is -2.39. The van der Waals surface area contributed by atoms with Crippen molar-refractivity contribution in [1.29, 1.82) is 0 Å². The van der Waals surface area contributed by atoms with Crippen molar-refractivity contribution < 1.29 is 9.53 Å². The highest BCUT2D eigenvalue weighted by Gasteiger charge is 2.38. The van der Waals surface area contributed by atoms with Crippen LogP contribution in [0.4, 0.5) is 0 Å². The van der Waals surface area contributed by atoms with E-state index in [2.05, 4.69) is 22.0 Å². The van der Waals surface area contributed by atoms with Crippen molar-refractivity contribution >= 4 is 5.91 Å². The molecule has 0 radical (unpaired) electrons. The zero-order valence-electron chi connectivity index (χ0n) is 12.5. The largest absolute Gasteiger partial charge is 0.381 e. The van der Waals surface area contributed by atoms with Gasteiger partial charge in [-0.25, -0.2) is 0 Å². The summed E-state index contributed by atoms with van der Waals surface area (Å²) in [6, 6.07) is 1.11. The molecule has 3 heterocycles. The number of hydrogen-bond acceptors (Lipinski definition) is 4. The second kappa shape index (κ2) is 6.41. The van der Waals surface area contributed by atoms with Gasteiger partial charge in [0.25, 0.3) is 0 Å². The number of likely N-dealkylation sites (tertiary alicyclic amines) is 1. The third kappa shape index (κ3) is 3.00. The molecule has 1 unspecified atom stereocenters. The molecule has 0 bridgehead atoms. The quantitative estimate of drug-likeness (QED) is 0.798. The van der Waals surface area contributed by atoms with Gasteiger partial charge in [-0.3, -0.25) is 9.69 Å². The molecule has 114 valence electrons. The van der Waals surface area contributed by atoms with Crippen molar-refractivity contribution in [3.63, 3.8) is 0 Å². The zero-order chi connectivity index (χ0) is 13.9. The number of amides is 1. The molecule has 5 nitrogen and oxygen atoms in total. The molecular weight excluding hydrogens is 254 g/mol. The van der Waals surface area contributed by atoms with E-state index in [0.717, 1.165) is 65.1 Å². The predicted molar refractivity (Wildman–Crippen MR) is 77.6 cm³/mol. The molecule has 0 saturated carbocycles. The van der Waals surface area contributed by atoms with Crippen molar-refractivity contribution in [2.24, 2.45) is 0 Å². The summed E-state index contributed by atoms with van der Waals surface area (Å²) < 4.78 is 5.46. The van der Waals surface area contributed by atoms with Crippen molar-refractivity contribution in [3.8, 4) is 0 Å². The van der Waals surface area contributed by atoms with Crippen LogP contribution in [0.2, 0.25) is 0 Å². The van der Waals surface area contributed by atoms with Gasteiger partial charge >= 0.3 is 0 Å². The predicted octanol–water partition coefficient (Wildman–Crippen LogP) is 0.450. The Balaban J connectivity index is 1.63. The maximum absolute atomic E-state index is 12.8. The number of piperazine rings is 1. The van der Waals surface area contributed by atoms with E-state index >= 15 is 0 Å². The van der Waals surface area contributed by atoms with Crippen molar-refractivity contribution in [2.45, 2.75) is 50.7 Å². The van der Waals surface area contributed by atoms with E-state index in [4.69, 9.17) is 4.74 Å². The fourth-order valence-corrected chi connectivity index (χ4v) is 3.85. The summed E-state index contributed by atoms with van der Waals surface area (Å²) in [7, 11) is 0. The van der Waals surface area contributed by atoms with Crippen LogP contribution in [-0.2, 0) is 9.53 Å². The Morgan fingerprint density at radius 2 is 2.00 bits per heavy atom. The van der Waals surface area contributed by atoms with Crippen LogP contribution in [-0.4, -0.2) is 73.2 Å². The van der Waals surface area contributed by atoms with E-state index < -0.39 is 0 Å². The molecule has 1 N–H and O–H groups in total. The van der Waals surface area contributed by atoms with Crippen LogP contribution in [0.15, 0.2) is 0 Å². The minimum absolute atomic E-state index is 0.128. The first-order valence-corrected chi connectivity index (χ1v) is 8.11. The van der Waals surface area contributed by atoms with Gasteiger partial charge in [-0.05, 0) is 39.2 Å². The first kappa shape index (κ1) is 14.3. The van der Waals surface area contributed by atoms with Gasteiger partial charge in [-0.2, -0.15) is 0 Å². The maximum Gasteiger partial charge on any atom is 0.240 e. The van der Waals surface area contributed by atoms with Crippen LogP contribution in [0.1, 0.15) is 32.6 Å². The average Bonchev–Trinajstić information content (AvgIpc) is 2.97. The van der Waals surface area contributed by atoms with Gasteiger partial charge in [0, 0.05) is 44.9 Å². The van der Waals surface area contributed by atoms with E-state index in [-0.39, 0.29) is 6.04 Å². The minimum Gasteiger partial charge on any atom is -0.381 e. The molecule has 0 aromatic rings. The Bertz CT molecular complexity index is 344. The Hall–Kier alpha value is -0.650. The van der Waals surface area contributed by atoms with Crippen molar-refractivity contribution in [1.82, 2.24) is 15.1 Å². The third-order valence-electron chi connectivity index (χ3n) is 4.92. The molecule has 3 saturated heterocycles. The summed E-state index contributed by atoms with van der Waals surface area (Å²) in [5.74, 6) is 0.363. The fourth-order valence-electron chi connectivity index (χ4n) is 3.85. The van der Waals surface area contributed by atoms with Gasteiger partial charge in [-0.15, -0.1) is 0 Å². The molecule has 2 atom stereocenters. The van der Waals surface area contributed by atoms with E-state index in [1.54, 1.807) is 0 Å². The number of ether oxygens (including phenoxy) is 1. The summed E-state index contributed by atoms with van der Waals surface area (Å²) in [6.45, 7) is 7.60. The van der Waals surface area contributed by atoms with Crippen LogP contribution in [0.25, 0.3) is 0 Å². The number of nitrogens with one attached hydrogen (secondary N) is 1. The van der Waals surface area contributed by atoms with Crippen LogP contribution in [0.5, 0.6) is 0 Å². The minimum atomic E-state index is 0.128. The molecule has 3 rings (SSSR count). The maximum atomic E-state index is 12.8. The Morgan fingerprint density at radius 3 is 2.75 bits per heavy atom. The highest BCUT2D eigenvalue weighted by Crippen LogP contribution is 2.26. The van der Waals surface area contributed by atoms with Crippen LogP contribution in [0, 0.1) is 0 Å². The van der Waals surface area contributed by atoms with E-state index in [1.165, 1.54) is 0 Å². The third-order valence-corrected chi connectivity index (χ3v) is 4.92. The van der Waals surface area contributed by atoms with E-state index in [9.17, 15) is 4.79 Å². The first-order chi connectivity index (χ1) is 9.75. The second-order valence-electron chi connectivity index (χ2n) is 6.38. The van der Waals surface area contributed by atoms with Crippen LogP contribution < -0.4 is 5.32 Å². The summed E-state index contributed by atoms with van der Waals surface area (Å²) >= 11 is 0. The highest BCUT2D eigenvalue weighted by molar-refractivity contribution is 5.82. The van der Waals surface area contributed by atoms with Crippen LogP contribution in [0.3, 0.4) is 0 Å². The molecule has 3 aliphatic heterocycles. The highest BCUT2D eigenvalue weighted by atomic mass is 16.5. The molecule has 0 aliphatic carbocycles. The molecule has 0 aromatic heterocycles. The normalized spacial score (nSPS) is 33.5. The van der Waals surface area contributed by atoms with Crippen LogP contribution >= 0.6 is 0 Å². The van der Waals surface area contributed by atoms with Gasteiger partial charge in [-0.1, -0.05) is 0 Å². The van der Waals surface area contributed by atoms with Crippen molar-refractivity contribution in [2.75, 3.05) is 39.4 Å². The Morgan fingerprint density at radius 1 is 1.20 bits per heavy atom. The summed E-state index contributed by atoms with van der Waals surface area (Å²) in [5.41, 5.74) is 0. The molecule has 0 spiro atoms. The Labute approximate surface area is 121 Å². The molecule has 3 aliphatic rings. The van der Waals surface area contributed by atoms with Gasteiger partial charge in [0.2, 0.25) is 5.91 Å². The zero-order valence-corrected chi connectivity index (χ0v) is 12.5. The lowest BCUT2D eigenvalue weighted by molar-refractivity contribution is -0.138. The van der Waals surface area contributed by atoms with E-state index in [1.807, 2.05) is 0 Å². The average molecular weight is 281 g/mol. The number of carbonyl (C=O) groups is 1. The monoisotopic (exact) mass is 281 g/mol. The number of hydrogen-bond donors (Lipinski definition) is 1. The first-order valence-electron chi connectivity index (χ1n) is 8.11. The molecule has 5 heteroatoms. The van der Waals surface area contributed by atoms with Crippen molar-refractivity contribution in [3.05, 3.63) is 0 Å². The molecule has 3 fully saturated rings. The number of nitrogens with zero attached hydrogens (tertiary/aromatic N) is 2. The number of carbonyl (C=O) groups excluding carboxylic acids is 1. The molecule has 0 aromatic carbocycles. The summed E-state index contributed by atoms with van der Waals surface area (Å²) in [6.07, 6.45) is 4.37. The van der Waals surface area contributed by atoms with E-state index in [0.29, 0.717) is 18.0 Å². The smallest absolute Gasteiger partial charge is 0.240 e. The summed E-state index contributed by atoms with van der Waals surface area (Å²) in [4.78, 5) is 17.4. The lowest BCUT2D eigenvalue weighted by Crippen LogP contribution is -2.57. The van der Waals surface area contributed by atoms with Gasteiger partial charge in [0.1, 0.15) is 0 Å². The molecule has 20 heavy (non-hydrogen) atoms. The standard InChI is InChI=1S/C15H27N3O2/c1-12-11-17(8-6-16-12)15(19)14-3-2-7-18(14)13-4-9-20-10-5-13/h12-14,16H,2-11H2,1H3/t12-,14?/m1/s1. The SMILES string of the molecule is C[C@@H]1CN(C(=O)C2CCCN2C2CCOCC2)CCN1.